The molecule has 1 fully saturated rings. The van der Waals surface area contributed by atoms with Gasteiger partial charge in [-0.3, -0.25) is 4.79 Å². The molecular weight excluding hydrogens is 429 g/mol. The van der Waals surface area contributed by atoms with Crippen LogP contribution < -0.4 is 4.74 Å². The highest BCUT2D eigenvalue weighted by molar-refractivity contribution is 5.66. The van der Waals surface area contributed by atoms with Crippen LogP contribution >= 0.6 is 0 Å². The summed E-state index contributed by atoms with van der Waals surface area (Å²) >= 11 is 0. The third-order valence-electron chi connectivity index (χ3n) is 5.39. The van der Waals surface area contributed by atoms with Gasteiger partial charge in [0.1, 0.15) is 18.5 Å². The fraction of sp³-hybridized carbons (Fsp3) is 0.522. The Hall–Kier alpha value is -2.36. The van der Waals surface area contributed by atoms with Gasteiger partial charge < -0.3 is 25.2 Å². The summed E-state index contributed by atoms with van der Waals surface area (Å²) in [5.74, 6) is -1.55. The van der Waals surface area contributed by atoms with Crippen molar-refractivity contribution in [1.82, 2.24) is 0 Å². The van der Waals surface area contributed by atoms with Gasteiger partial charge in [0.05, 0.1) is 17.8 Å². The van der Waals surface area contributed by atoms with Crippen molar-refractivity contribution in [1.29, 1.82) is 0 Å². The van der Waals surface area contributed by atoms with E-state index in [1.54, 1.807) is 6.08 Å². The van der Waals surface area contributed by atoms with Crippen LogP contribution in [0.25, 0.3) is 0 Å². The number of hydrogen-bond donors (Lipinski definition) is 4. The van der Waals surface area contributed by atoms with Gasteiger partial charge in [0.25, 0.3) is 0 Å². The number of benzene rings is 1. The summed E-state index contributed by atoms with van der Waals surface area (Å²) in [4.78, 5) is 10.5. The Labute approximate surface area is 184 Å². The van der Waals surface area contributed by atoms with E-state index < -0.39 is 41.9 Å². The molecule has 2 rings (SSSR count). The molecule has 0 aromatic heterocycles. The van der Waals surface area contributed by atoms with Crippen molar-refractivity contribution in [2.24, 2.45) is 11.8 Å². The number of carboxylic acids is 1. The fourth-order valence-electron chi connectivity index (χ4n) is 3.70. The quantitative estimate of drug-likeness (QED) is 0.298. The molecule has 0 amide bonds. The first-order chi connectivity index (χ1) is 15.1. The van der Waals surface area contributed by atoms with Crippen LogP contribution in [0.2, 0.25) is 0 Å². The van der Waals surface area contributed by atoms with Crippen LogP contribution in [0.5, 0.6) is 5.75 Å². The summed E-state index contributed by atoms with van der Waals surface area (Å²) in [5, 5.41) is 39.2. The molecule has 1 aromatic carbocycles. The first kappa shape index (κ1) is 25.9. The summed E-state index contributed by atoms with van der Waals surface area (Å²) in [6, 6.07) is 4.36. The van der Waals surface area contributed by atoms with Gasteiger partial charge in [0, 0.05) is 18.8 Å². The van der Waals surface area contributed by atoms with Gasteiger partial charge in [-0.1, -0.05) is 30.4 Å². The number of rotatable bonds is 11. The molecule has 0 aliphatic heterocycles. The monoisotopic (exact) mass is 458 g/mol. The normalized spacial score (nSPS) is 24.9. The first-order valence-electron chi connectivity index (χ1n) is 10.5. The van der Waals surface area contributed by atoms with Crippen LogP contribution in [0.1, 0.15) is 37.7 Å². The summed E-state index contributed by atoms with van der Waals surface area (Å²) in [5.41, 5.74) is -0.845. The zero-order chi connectivity index (χ0) is 23.7. The minimum atomic E-state index is -4.49. The maximum atomic E-state index is 12.8. The van der Waals surface area contributed by atoms with Crippen LogP contribution in [0, 0.1) is 11.8 Å². The lowest BCUT2D eigenvalue weighted by Crippen LogP contribution is -2.21. The van der Waals surface area contributed by atoms with Crippen molar-refractivity contribution in [3.8, 4) is 5.75 Å². The molecule has 0 radical (unpaired) electrons. The van der Waals surface area contributed by atoms with Gasteiger partial charge in [-0.15, -0.1) is 0 Å². The molecule has 4 N–H and O–H groups in total. The van der Waals surface area contributed by atoms with Gasteiger partial charge in [-0.05, 0) is 43.4 Å². The molecular formula is C23H29F3O6. The van der Waals surface area contributed by atoms with Crippen LogP contribution in [-0.4, -0.2) is 51.3 Å². The van der Waals surface area contributed by atoms with Gasteiger partial charge in [-0.2, -0.15) is 13.2 Å². The maximum absolute atomic E-state index is 12.8. The topological polar surface area (TPSA) is 107 Å². The number of aliphatic hydroxyl groups excluding tert-OH is 3. The van der Waals surface area contributed by atoms with E-state index in [2.05, 4.69) is 0 Å². The van der Waals surface area contributed by atoms with E-state index in [9.17, 15) is 33.3 Å². The molecule has 9 heteroatoms. The standard InChI is InChI=1S/C23H29F3O6/c24-23(25,26)15-6-5-7-17(12-15)32-14-16(27)10-11-19-18(20(28)13-21(19)29)8-3-1-2-4-9-22(30)31/h1,3,5-7,10-12,16,18-21,27-29H,2,4,8-9,13-14H2,(H,30,31)/b3-1+,11-10?/t16-,18-,19-,20+,21-/m1/s1. The Morgan fingerprint density at radius 3 is 2.66 bits per heavy atom. The SMILES string of the molecule is O=C(O)CCC/C=C/C[C@@H]1[C@@H](C=C[C@@H](O)COc2cccc(C(F)(F)F)c2)[C@H](O)C[C@@H]1O. The second-order valence-corrected chi connectivity index (χ2v) is 7.89. The highest BCUT2D eigenvalue weighted by atomic mass is 19.4. The number of halogens is 3. The molecule has 0 bridgehead atoms. The van der Waals surface area contributed by atoms with E-state index in [0.717, 1.165) is 12.1 Å². The second kappa shape index (κ2) is 12.0. The lowest BCUT2D eigenvalue weighted by molar-refractivity contribution is -0.138. The fourth-order valence-corrected chi connectivity index (χ4v) is 3.70. The predicted molar refractivity (Wildman–Crippen MR) is 111 cm³/mol. The third-order valence-corrected chi connectivity index (χ3v) is 5.39. The van der Waals surface area contributed by atoms with E-state index in [1.165, 1.54) is 18.2 Å². The summed E-state index contributed by atoms with van der Waals surface area (Å²) in [6.07, 6.45) is 1.48. The number of hydrogen-bond acceptors (Lipinski definition) is 5. The van der Waals surface area contributed by atoms with Gasteiger partial charge >= 0.3 is 12.1 Å². The number of ether oxygens (including phenoxy) is 1. The average molecular weight is 458 g/mol. The summed E-state index contributed by atoms with van der Waals surface area (Å²) in [7, 11) is 0. The minimum absolute atomic E-state index is 0.0190. The Kier molecular flexibility index (Phi) is 9.74. The number of unbranched alkanes of at least 4 members (excludes halogenated alkanes) is 1. The van der Waals surface area contributed by atoms with Crippen LogP contribution in [0.15, 0.2) is 48.6 Å². The zero-order valence-corrected chi connectivity index (χ0v) is 17.5. The van der Waals surface area contributed by atoms with Crippen molar-refractivity contribution < 1.29 is 43.1 Å². The van der Waals surface area contributed by atoms with Crippen LogP contribution in [0.4, 0.5) is 13.2 Å². The zero-order valence-electron chi connectivity index (χ0n) is 17.5. The molecule has 1 aliphatic rings. The molecule has 1 aromatic rings. The number of alkyl halides is 3. The van der Waals surface area contributed by atoms with Crippen molar-refractivity contribution in [2.45, 2.75) is 56.6 Å². The van der Waals surface area contributed by atoms with Crippen molar-refractivity contribution in [3.05, 3.63) is 54.1 Å². The first-order valence-corrected chi connectivity index (χ1v) is 10.5. The Balaban J connectivity index is 1.87. The van der Waals surface area contributed by atoms with E-state index in [0.29, 0.717) is 19.3 Å². The van der Waals surface area contributed by atoms with Gasteiger partial charge in [0.2, 0.25) is 0 Å². The number of aliphatic hydroxyl groups is 3. The molecule has 0 unspecified atom stereocenters. The van der Waals surface area contributed by atoms with E-state index in [4.69, 9.17) is 9.84 Å². The molecule has 5 atom stereocenters. The second-order valence-electron chi connectivity index (χ2n) is 7.89. The molecule has 178 valence electrons. The number of allylic oxidation sites excluding steroid dienone is 2. The number of carbonyl (C=O) groups is 1. The van der Waals surface area contributed by atoms with Crippen molar-refractivity contribution in [2.75, 3.05) is 6.61 Å². The number of aliphatic carboxylic acids is 1. The smallest absolute Gasteiger partial charge is 0.416 e. The van der Waals surface area contributed by atoms with Crippen LogP contribution in [0.3, 0.4) is 0 Å². The molecule has 1 saturated carbocycles. The third kappa shape index (κ3) is 8.29. The molecule has 0 saturated heterocycles. The van der Waals surface area contributed by atoms with Crippen LogP contribution in [-0.2, 0) is 11.0 Å². The molecule has 32 heavy (non-hydrogen) atoms. The summed E-state index contributed by atoms with van der Waals surface area (Å²) in [6.45, 7) is -0.267. The lowest BCUT2D eigenvalue weighted by Gasteiger charge is -2.19. The lowest BCUT2D eigenvalue weighted by atomic mass is 9.89. The molecule has 0 spiro atoms. The molecule has 1 aliphatic carbocycles. The Morgan fingerprint density at radius 2 is 1.97 bits per heavy atom. The highest BCUT2D eigenvalue weighted by Crippen LogP contribution is 2.36. The number of carboxylic acid groups (broad SMARTS) is 1. The maximum Gasteiger partial charge on any atom is 0.416 e. The average Bonchev–Trinajstić information content (AvgIpc) is 2.99. The predicted octanol–water partition coefficient (Wildman–Crippen LogP) is 3.56. The van der Waals surface area contributed by atoms with Crippen molar-refractivity contribution >= 4 is 5.97 Å². The molecule has 6 nitrogen and oxygen atoms in total. The summed E-state index contributed by atoms with van der Waals surface area (Å²) < 4.78 is 43.5. The van der Waals surface area contributed by atoms with Crippen molar-refractivity contribution in [3.63, 3.8) is 0 Å². The largest absolute Gasteiger partial charge is 0.491 e. The Bertz CT molecular complexity index is 792. The molecule has 0 heterocycles. The minimum Gasteiger partial charge on any atom is -0.491 e. The van der Waals surface area contributed by atoms with E-state index in [-0.39, 0.29) is 31.1 Å². The highest BCUT2D eigenvalue weighted by Gasteiger charge is 2.39. The van der Waals surface area contributed by atoms with Gasteiger partial charge in [-0.25, -0.2) is 0 Å². The Morgan fingerprint density at radius 1 is 1.22 bits per heavy atom. The van der Waals surface area contributed by atoms with E-state index >= 15 is 0 Å². The van der Waals surface area contributed by atoms with E-state index in [1.807, 2.05) is 12.2 Å². The van der Waals surface area contributed by atoms with Gasteiger partial charge in [0.15, 0.2) is 0 Å².